The van der Waals surface area contributed by atoms with Gasteiger partial charge in [-0.05, 0) is 37.3 Å². The minimum Gasteiger partial charge on any atom is -0.275 e. The van der Waals surface area contributed by atoms with Crippen molar-refractivity contribution in [3.8, 4) is 0 Å². The molecule has 5 nitrogen and oxygen atoms in total. The molecule has 1 aliphatic carbocycles. The van der Waals surface area contributed by atoms with Gasteiger partial charge in [-0.3, -0.25) is 14.3 Å². The molecule has 1 unspecified atom stereocenters. The van der Waals surface area contributed by atoms with E-state index in [1.807, 2.05) is 20.8 Å². The van der Waals surface area contributed by atoms with E-state index < -0.39 is 18.0 Å². The van der Waals surface area contributed by atoms with Gasteiger partial charge in [0.15, 0.2) is 0 Å². The number of fused-ring (bicyclic) bond motifs is 1. The van der Waals surface area contributed by atoms with Crippen molar-refractivity contribution in [1.82, 2.24) is 14.8 Å². The second-order valence-corrected chi connectivity index (χ2v) is 6.68. The van der Waals surface area contributed by atoms with E-state index >= 15 is 0 Å². The largest absolute Gasteiger partial charge is 0.282 e. The van der Waals surface area contributed by atoms with Gasteiger partial charge in [-0.15, -0.1) is 0 Å². The van der Waals surface area contributed by atoms with Crippen LogP contribution in [-0.2, 0) is 18.3 Å². The van der Waals surface area contributed by atoms with Gasteiger partial charge in [-0.1, -0.05) is 44.0 Å². The molecule has 1 amide bonds. The molecule has 2 aromatic rings. The van der Waals surface area contributed by atoms with E-state index in [2.05, 4.69) is 23.3 Å². The average Bonchev–Trinajstić information content (AvgIpc) is 2.97. The maximum absolute atomic E-state index is 13.3. The highest BCUT2D eigenvalue weighted by atomic mass is 19.3. The third kappa shape index (κ3) is 4.58. The van der Waals surface area contributed by atoms with E-state index in [1.54, 1.807) is 0 Å². The molecule has 0 saturated heterocycles. The van der Waals surface area contributed by atoms with Gasteiger partial charge < -0.3 is 0 Å². The summed E-state index contributed by atoms with van der Waals surface area (Å²) in [6.07, 6.45) is 2.11. The standard InChI is InChI=1S/C19H23F2N3O2.C2H6/c1-12-8-9-13-6-4-5-7-16(14(13)10-12)24(26-3)19(25)15-11-23(2)22-17(15)18(20)21;1-2/h8-11,16,18H,4-7H2,1-3H3;1-2H3. The summed E-state index contributed by atoms with van der Waals surface area (Å²) in [6.45, 7) is 6.00. The van der Waals surface area contributed by atoms with Gasteiger partial charge in [0.1, 0.15) is 5.69 Å². The topological polar surface area (TPSA) is 47.4 Å². The Morgan fingerprint density at radius 2 is 2.04 bits per heavy atom. The molecule has 0 bridgehead atoms. The fourth-order valence-electron chi connectivity index (χ4n) is 3.61. The van der Waals surface area contributed by atoms with Gasteiger partial charge in [0.05, 0.1) is 18.7 Å². The normalized spacial score (nSPS) is 16.1. The summed E-state index contributed by atoms with van der Waals surface area (Å²) in [4.78, 5) is 18.4. The number of aryl methyl sites for hydroxylation is 3. The van der Waals surface area contributed by atoms with E-state index in [-0.39, 0.29) is 11.6 Å². The van der Waals surface area contributed by atoms with Gasteiger partial charge in [0.2, 0.25) is 0 Å². The van der Waals surface area contributed by atoms with Crippen LogP contribution in [-0.4, -0.2) is 27.9 Å². The first-order valence-corrected chi connectivity index (χ1v) is 9.71. The number of carbonyl (C=O) groups excluding carboxylic acids is 1. The van der Waals surface area contributed by atoms with Crippen molar-refractivity contribution in [3.05, 3.63) is 52.3 Å². The number of benzene rings is 1. The Kier molecular flexibility index (Phi) is 7.69. The van der Waals surface area contributed by atoms with Crippen molar-refractivity contribution in [2.75, 3.05) is 7.11 Å². The van der Waals surface area contributed by atoms with E-state index in [1.165, 1.54) is 35.7 Å². The first-order chi connectivity index (χ1) is 13.4. The van der Waals surface area contributed by atoms with Gasteiger partial charge in [-0.25, -0.2) is 13.8 Å². The summed E-state index contributed by atoms with van der Waals surface area (Å²) in [6, 6.07) is 5.88. The van der Waals surface area contributed by atoms with Crippen molar-refractivity contribution in [2.24, 2.45) is 7.05 Å². The van der Waals surface area contributed by atoms with Gasteiger partial charge in [0.25, 0.3) is 12.3 Å². The highest BCUT2D eigenvalue weighted by molar-refractivity contribution is 5.94. The number of alkyl halides is 2. The third-order valence-corrected chi connectivity index (χ3v) is 4.81. The molecule has 0 N–H and O–H groups in total. The van der Waals surface area contributed by atoms with Crippen LogP contribution in [0.15, 0.2) is 24.4 Å². The number of hydrogen-bond acceptors (Lipinski definition) is 3. The molecule has 1 aromatic carbocycles. The molecule has 1 heterocycles. The van der Waals surface area contributed by atoms with Crippen LogP contribution in [0.25, 0.3) is 0 Å². The van der Waals surface area contributed by atoms with Crippen molar-refractivity contribution < 1.29 is 18.4 Å². The minimum absolute atomic E-state index is 0.122. The zero-order valence-corrected chi connectivity index (χ0v) is 17.2. The summed E-state index contributed by atoms with van der Waals surface area (Å²) in [5.74, 6) is -0.588. The number of carbonyl (C=O) groups is 1. The summed E-state index contributed by atoms with van der Waals surface area (Å²) < 4.78 is 27.8. The summed E-state index contributed by atoms with van der Waals surface area (Å²) >= 11 is 0. The van der Waals surface area contributed by atoms with E-state index in [9.17, 15) is 13.6 Å². The maximum atomic E-state index is 13.3. The monoisotopic (exact) mass is 393 g/mol. The van der Waals surface area contributed by atoms with Crippen LogP contribution in [0.3, 0.4) is 0 Å². The molecular weight excluding hydrogens is 364 g/mol. The fourth-order valence-corrected chi connectivity index (χ4v) is 3.61. The molecule has 0 saturated carbocycles. The highest BCUT2D eigenvalue weighted by Gasteiger charge is 2.33. The molecule has 0 radical (unpaired) electrons. The van der Waals surface area contributed by atoms with E-state index in [0.29, 0.717) is 0 Å². The number of hydroxylamine groups is 2. The zero-order valence-electron chi connectivity index (χ0n) is 17.2. The van der Waals surface area contributed by atoms with Crippen LogP contribution in [0.1, 0.15) is 78.3 Å². The number of nitrogens with zero attached hydrogens (tertiary/aromatic N) is 3. The van der Waals surface area contributed by atoms with Crippen LogP contribution >= 0.6 is 0 Å². The van der Waals surface area contributed by atoms with Crippen LogP contribution in [0.2, 0.25) is 0 Å². The predicted octanol–water partition coefficient (Wildman–Crippen LogP) is 5.16. The summed E-state index contributed by atoms with van der Waals surface area (Å²) in [5.41, 5.74) is 2.66. The predicted molar refractivity (Wildman–Crippen MR) is 104 cm³/mol. The van der Waals surface area contributed by atoms with Gasteiger partial charge in [0, 0.05) is 13.2 Å². The highest BCUT2D eigenvalue weighted by Crippen LogP contribution is 2.35. The van der Waals surface area contributed by atoms with Crippen molar-refractivity contribution in [3.63, 3.8) is 0 Å². The number of amides is 1. The smallest absolute Gasteiger partial charge is 0.275 e. The lowest BCUT2D eigenvalue weighted by atomic mass is 9.96. The molecule has 28 heavy (non-hydrogen) atoms. The SMILES string of the molecule is CC.CON(C(=O)c1cn(C)nc1C(F)F)C1CCCCc2ccc(C)cc21. The van der Waals surface area contributed by atoms with E-state index in [4.69, 9.17) is 4.84 Å². The second kappa shape index (κ2) is 9.78. The Bertz CT molecular complexity index is 805. The van der Waals surface area contributed by atoms with Crippen molar-refractivity contribution in [2.45, 2.75) is 58.9 Å². The number of aromatic nitrogens is 2. The third-order valence-electron chi connectivity index (χ3n) is 4.81. The second-order valence-electron chi connectivity index (χ2n) is 6.68. The Morgan fingerprint density at radius 3 is 2.68 bits per heavy atom. The molecule has 1 atom stereocenters. The fraction of sp³-hybridized carbons (Fsp3) is 0.524. The molecule has 154 valence electrons. The Labute approximate surface area is 165 Å². The van der Waals surface area contributed by atoms with Gasteiger partial charge in [-0.2, -0.15) is 5.10 Å². The van der Waals surface area contributed by atoms with Crippen LogP contribution in [0.5, 0.6) is 0 Å². The molecule has 0 aliphatic heterocycles. The first kappa shape index (κ1) is 22.0. The molecular formula is C21H29F2N3O2. The lowest BCUT2D eigenvalue weighted by Gasteiger charge is -2.30. The lowest BCUT2D eigenvalue weighted by Crippen LogP contribution is -2.34. The molecule has 0 spiro atoms. The molecule has 1 aromatic heterocycles. The molecule has 7 heteroatoms. The Balaban J connectivity index is 0.00000136. The summed E-state index contributed by atoms with van der Waals surface area (Å²) in [5, 5.41) is 4.96. The van der Waals surface area contributed by atoms with Crippen LogP contribution in [0.4, 0.5) is 8.78 Å². The molecule has 1 aliphatic rings. The maximum Gasteiger partial charge on any atom is 0.282 e. The summed E-state index contributed by atoms with van der Waals surface area (Å²) in [7, 11) is 2.92. The molecule has 0 fully saturated rings. The zero-order chi connectivity index (χ0) is 20.8. The Morgan fingerprint density at radius 1 is 1.32 bits per heavy atom. The number of rotatable bonds is 4. The van der Waals surface area contributed by atoms with Crippen molar-refractivity contribution in [1.29, 1.82) is 0 Å². The molecule has 3 rings (SSSR count). The van der Waals surface area contributed by atoms with Gasteiger partial charge >= 0.3 is 0 Å². The lowest BCUT2D eigenvalue weighted by molar-refractivity contribution is -0.126. The number of hydrogen-bond donors (Lipinski definition) is 0. The van der Waals surface area contributed by atoms with Crippen LogP contribution < -0.4 is 0 Å². The number of halogens is 2. The minimum atomic E-state index is -2.82. The van der Waals surface area contributed by atoms with Crippen LogP contribution in [0, 0.1) is 6.92 Å². The van der Waals surface area contributed by atoms with E-state index in [0.717, 1.165) is 36.8 Å². The Hall–Kier alpha value is -2.28. The van der Waals surface area contributed by atoms with Crippen molar-refractivity contribution >= 4 is 5.91 Å². The first-order valence-electron chi connectivity index (χ1n) is 9.71. The quantitative estimate of drug-likeness (QED) is 0.532. The average molecular weight is 393 g/mol.